The van der Waals surface area contributed by atoms with Crippen LogP contribution in [0.3, 0.4) is 0 Å². The third-order valence-corrected chi connectivity index (χ3v) is 12.5. The van der Waals surface area contributed by atoms with Crippen LogP contribution in [0.5, 0.6) is 0 Å². The van der Waals surface area contributed by atoms with Crippen molar-refractivity contribution in [3.05, 3.63) is 97.1 Å². The van der Waals surface area contributed by atoms with Crippen molar-refractivity contribution in [1.29, 1.82) is 0 Å². The predicted octanol–water partition coefficient (Wildman–Crippen LogP) is 3.07. The number of ether oxygens (including phenoxy) is 4. The van der Waals surface area contributed by atoms with Gasteiger partial charge in [-0.3, -0.25) is 24.1 Å². The molecule has 4 aliphatic heterocycles. The number of rotatable bonds is 20. The fraction of sp³-hybridized carbons (Fsp3) is 0.535. The van der Waals surface area contributed by atoms with Gasteiger partial charge in [-0.05, 0) is 30.4 Å². The molecule has 308 valence electrons. The van der Waals surface area contributed by atoms with Crippen LogP contribution >= 0.6 is 15.9 Å². The largest absolute Gasteiger partial charge is 0.455 e. The van der Waals surface area contributed by atoms with Gasteiger partial charge in [0.15, 0.2) is 0 Å². The first-order valence-corrected chi connectivity index (χ1v) is 20.7. The number of allylic oxidation sites excluding steroid dienone is 1. The molecule has 6 rings (SSSR count). The first-order chi connectivity index (χ1) is 27.7. The van der Waals surface area contributed by atoms with Crippen molar-refractivity contribution in [3.63, 3.8) is 0 Å². The Kier molecular flexibility index (Phi) is 14.7. The Hall–Kier alpha value is -3.92. The van der Waals surface area contributed by atoms with Gasteiger partial charge in [0.2, 0.25) is 17.7 Å². The number of fused-ring (bicyclic) bond motifs is 1. The second-order valence-electron chi connectivity index (χ2n) is 15.2. The van der Waals surface area contributed by atoms with Gasteiger partial charge in [0.25, 0.3) is 0 Å². The van der Waals surface area contributed by atoms with E-state index in [9.17, 15) is 14.7 Å². The van der Waals surface area contributed by atoms with Gasteiger partial charge >= 0.3 is 5.97 Å². The van der Waals surface area contributed by atoms with Crippen LogP contribution < -0.4 is 5.32 Å². The summed E-state index contributed by atoms with van der Waals surface area (Å²) in [7, 11) is 1.50. The summed E-state index contributed by atoms with van der Waals surface area (Å²) in [6, 6.07) is 15.9. The molecule has 2 aromatic carbocycles. The molecule has 2 aromatic rings. The van der Waals surface area contributed by atoms with E-state index in [1.165, 1.54) is 12.0 Å². The van der Waals surface area contributed by atoms with E-state index < -0.39 is 66.3 Å². The molecule has 1 unspecified atom stereocenters. The van der Waals surface area contributed by atoms with Crippen molar-refractivity contribution in [2.45, 2.75) is 66.4 Å². The zero-order valence-corrected chi connectivity index (χ0v) is 34.2. The number of alkyl halides is 1. The molecule has 0 aliphatic carbocycles. The molecule has 0 aromatic heterocycles. The van der Waals surface area contributed by atoms with Crippen molar-refractivity contribution >= 4 is 39.6 Å². The van der Waals surface area contributed by atoms with Crippen molar-refractivity contribution in [1.82, 2.24) is 20.0 Å². The lowest BCUT2D eigenvalue weighted by atomic mass is 9.70. The molecule has 14 heteroatoms. The topological polar surface area (TPSA) is 147 Å². The molecule has 57 heavy (non-hydrogen) atoms. The van der Waals surface area contributed by atoms with Crippen LogP contribution in [0.4, 0.5) is 0 Å². The fourth-order valence-corrected chi connectivity index (χ4v) is 9.92. The van der Waals surface area contributed by atoms with Crippen LogP contribution in [0.25, 0.3) is 0 Å². The SMILES string of the molecule is C=CCCC(=O)N[C@@H](COC)[C@@H](OC(=O)[C@H]1[C@@H]2O[C@@]3(CC2Br)[C@@H]1C(=O)N([C@@H](CO)Cc1ccccc1)[C@@H]3C(=O)N(CC=C)CCN1CCOCC1)c1ccccc1. The number of hydrogen-bond acceptors (Lipinski definition) is 10. The number of aliphatic hydroxyl groups excluding tert-OH is 1. The number of benzene rings is 2. The summed E-state index contributed by atoms with van der Waals surface area (Å²) >= 11 is 3.78. The van der Waals surface area contributed by atoms with Crippen LogP contribution in [-0.4, -0.2) is 144 Å². The number of nitrogens with one attached hydrogen (secondary N) is 1. The zero-order valence-electron chi connectivity index (χ0n) is 32.6. The average molecular weight is 852 g/mol. The summed E-state index contributed by atoms with van der Waals surface area (Å²) in [5.41, 5.74) is 0.110. The molecule has 4 fully saturated rings. The van der Waals surface area contributed by atoms with Crippen LogP contribution in [0.15, 0.2) is 86.0 Å². The number of morpholine rings is 1. The molecule has 4 aliphatic rings. The lowest BCUT2D eigenvalue weighted by molar-refractivity contribution is -0.163. The van der Waals surface area contributed by atoms with E-state index in [4.69, 9.17) is 18.9 Å². The Morgan fingerprint density at radius 2 is 1.79 bits per heavy atom. The number of esters is 1. The molecule has 3 amide bonds. The minimum atomic E-state index is -1.40. The summed E-state index contributed by atoms with van der Waals surface area (Å²) in [5, 5.41) is 14.0. The van der Waals surface area contributed by atoms with Gasteiger partial charge in [-0.25, -0.2) is 0 Å². The maximum Gasteiger partial charge on any atom is 0.313 e. The van der Waals surface area contributed by atoms with Crippen LogP contribution in [0.2, 0.25) is 0 Å². The second-order valence-corrected chi connectivity index (χ2v) is 16.4. The standard InChI is InChI=1S/C43H55BrN4O9/c1-4-6-17-34(50)45-33(28-54-3)37(30-15-11-8-12-16-30)56-42(53)35-36-40(51)48(31(27-49)25-29-13-9-7-10-14-29)39(43(36)26-32(44)38(35)57-43)41(52)47(18-5-2)20-19-46-21-23-55-24-22-46/h4-5,7-16,31-33,35-39,49H,1-2,6,17-28H2,3H3,(H,45,50)/t31-,32?,33+,35-,36+,37+,38-,39-,43+/m1/s1. The Balaban J connectivity index is 1.36. The molecule has 4 saturated heterocycles. The van der Waals surface area contributed by atoms with Crippen LogP contribution in [0, 0.1) is 11.8 Å². The first-order valence-electron chi connectivity index (χ1n) is 19.8. The van der Waals surface area contributed by atoms with E-state index in [0.717, 1.165) is 18.7 Å². The van der Waals surface area contributed by atoms with Crippen molar-refractivity contribution in [2.24, 2.45) is 11.8 Å². The Morgan fingerprint density at radius 1 is 1.09 bits per heavy atom. The van der Waals surface area contributed by atoms with Crippen molar-refractivity contribution < 1.29 is 43.2 Å². The third kappa shape index (κ3) is 9.21. The number of hydrogen-bond donors (Lipinski definition) is 2. The van der Waals surface area contributed by atoms with Gasteiger partial charge in [-0.2, -0.15) is 0 Å². The molecule has 13 nitrogen and oxygen atoms in total. The van der Waals surface area contributed by atoms with Gasteiger partial charge in [-0.1, -0.05) is 88.7 Å². The molecule has 2 N–H and O–H groups in total. The smallest absolute Gasteiger partial charge is 0.313 e. The number of carbonyl (C=O) groups is 4. The number of carbonyl (C=O) groups excluding carboxylic acids is 4. The quantitative estimate of drug-likeness (QED) is 0.116. The molecule has 0 saturated carbocycles. The van der Waals surface area contributed by atoms with E-state index >= 15 is 9.59 Å². The van der Waals surface area contributed by atoms with Gasteiger partial charge in [-0.15, -0.1) is 13.2 Å². The predicted molar refractivity (Wildman–Crippen MR) is 216 cm³/mol. The monoisotopic (exact) mass is 850 g/mol. The molecular formula is C43H55BrN4O9. The van der Waals surface area contributed by atoms with Crippen molar-refractivity contribution in [2.75, 3.05) is 66.3 Å². The summed E-state index contributed by atoms with van der Waals surface area (Å²) in [5.74, 6) is -3.89. The van der Waals surface area contributed by atoms with E-state index in [1.807, 2.05) is 48.5 Å². The first kappa shape index (κ1) is 42.7. The maximum atomic E-state index is 15.1. The fourth-order valence-electron chi connectivity index (χ4n) is 8.98. The molecular weight excluding hydrogens is 796 g/mol. The Labute approximate surface area is 343 Å². The maximum absolute atomic E-state index is 15.1. The number of amides is 3. The third-order valence-electron chi connectivity index (χ3n) is 11.6. The van der Waals surface area contributed by atoms with E-state index in [2.05, 4.69) is 39.3 Å². The van der Waals surface area contributed by atoms with Gasteiger partial charge in [0.05, 0.1) is 56.5 Å². The van der Waals surface area contributed by atoms with E-state index in [0.29, 0.717) is 38.3 Å². The average Bonchev–Trinajstić information content (AvgIpc) is 3.83. The highest BCUT2D eigenvalue weighted by atomic mass is 79.9. The normalized spacial score (nSPS) is 27.0. The van der Waals surface area contributed by atoms with Gasteiger partial charge in [0, 0.05) is 51.1 Å². The molecule has 4 heterocycles. The molecule has 1 spiro atoms. The number of aliphatic hydroxyl groups is 1. The van der Waals surface area contributed by atoms with Crippen LogP contribution in [0.1, 0.15) is 36.5 Å². The van der Waals surface area contributed by atoms with Gasteiger partial charge < -0.3 is 39.2 Å². The Bertz CT molecular complexity index is 1710. The van der Waals surface area contributed by atoms with E-state index in [-0.39, 0.29) is 49.1 Å². The summed E-state index contributed by atoms with van der Waals surface area (Å²) in [6.07, 6.45) is 2.78. The number of methoxy groups -OCH3 is 1. The lowest BCUT2D eigenvalue weighted by Gasteiger charge is -2.40. The number of nitrogens with zero attached hydrogens (tertiary/aromatic N) is 3. The summed E-state index contributed by atoms with van der Waals surface area (Å²) in [6.45, 7) is 11.2. The summed E-state index contributed by atoms with van der Waals surface area (Å²) < 4.78 is 24.3. The highest BCUT2D eigenvalue weighted by Crippen LogP contribution is 2.61. The van der Waals surface area contributed by atoms with E-state index in [1.54, 1.807) is 29.2 Å². The number of likely N-dealkylation sites (tertiary alicyclic amines) is 1. The molecule has 2 bridgehead atoms. The number of halogens is 1. The van der Waals surface area contributed by atoms with Crippen LogP contribution in [-0.2, 0) is 44.5 Å². The van der Waals surface area contributed by atoms with Gasteiger partial charge in [0.1, 0.15) is 17.7 Å². The lowest BCUT2D eigenvalue weighted by Crippen LogP contribution is -2.60. The highest BCUT2D eigenvalue weighted by molar-refractivity contribution is 9.09. The minimum absolute atomic E-state index is 0.0379. The zero-order chi connectivity index (χ0) is 40.5. The minimum Gasteiger partial charge on any atom is -0.455 e. The summed E-state index contributed by atoms with van der Waals surface area (Å²) in [4.78, 5) is 63.1. The van der Waals surface area contributed by atoms with Crippen molar-refractivity contribution in [3.8, 4) is 0 Å². The second kappa shape index (κ2) is 19.7. The Morgan fingerprint density at radius 3 is 2.44 bits per heavy atom. The molecule has 0 radical (unpaired) electrons. The highest BCUT2D eigenvalue weighted by Gasteiger charge is 2.77. The molecule has 9 atom stereocenters.